The van der Waals surface area contributed by atoms with Gasteiger partial charge >= 0.3 is 0 Å². The molecular formula is C42H44N4. The highest BCUT2D eigenvalue weighted by Gasteiger charge is 2.26. The van der Waals surface area contributed by atoms with E-state index >= 15 is 0 Å². The van der Waals surface area contributed by atoms with Crippen molar-refractivity contribution in [3.05, 3.63) is 166 Å². The van der Waals surface area contributed by atoms with Gasteiger partial charge < -0.3 is 19.6 Å². The van der Waals surface area contributed by atoms with E-state index in [1.54, 1.807) is 0 Å². The molecule has 0 saturated carbocycles. The minimum atomic E-state index is 1.19. The molecule has 4 heteroatoms. The second-order valence-electron chi connectivity index (χ2n) is 12.8. The van der Waals surface area contributed by atoms with E-state index in [4.69, 9.17) is 0 Å². The van der Waals surface area contributed by atoms with Gasteiger partial charge in [0.05, 0.1) is 0 Å². The predicted octanol–water partition coefficient (Wildman–Crippen LogP) is 8.69. The lowest BCUT2D eigenvalue weighted by molar-refractivity contribution is 1.13. The molecule has 0 bridgehead atoms. The molecule has 2 aliphatic rings. The molecule has 0 fully saturated rings. The van der Waals surface area contributed by atoms with Crippen LogP contribution >= 0.6 is 0 Å². The van der Waals surface area contributed by atoms with Gasteiger partial charge in [-0.2, -0.15) is 0 Å². The Bertz CT molecular complexity index is 1630. The van der Waals surface area contributed by atoms with E-state index in [1.807, 2.05) is 0 Å². The van der Waals surface area contributed by atoms with E-state index in [0.717, 1.165) is 0 Å². The molecule has 0 amide bonds. The maximum atomic E-state index is 2.31. The molecule has 0 heterocycles. The summed E-state index contributed by atoms with van der Waals surface area (Å²) in [6.07, 6.45) is 9.24. The van der Waals surface area contributed by atoms with Crippen LogP contribution < -0.4 is 19.6 Å². The summed E-state index contributed by atoms with van der Waals surface area (Å²) >= 11 is 0. The van der Waals surface area contributed by atoms with Gasteiger partial charge in [0.1, 0.15) is 0 Å². The molecule has 0 atom stereocenters. The van der Waals surface area contributed by atoms with Crippen molar-refractivity contribution in [3.8, 4) is 0 Å². The first-order valence-electron chi connectivity index (χ1n) is 15.8. The fourth-order valence-electron chi connectivity index (χ4n) is 6.26. The molecule has 0 saturated heterocycles. The third-order valence-corrected chi connectivity index (χ3v) is 8.93. The van der Waals surface area contributed by atoms with Crippen molar-refractivity contribution in [1.29, 1.82) is 0 Å². The molecule has 2 aliphatic carbocycles. The van der Waals surface area contributed by atoms with Crippen molar-refractivity contribution in [3.63, 3.8) is 0 Å². The predicted molar refractivity (Wildman–Crippen MR) is 200 cm³/mol. The fraction of sp³-hybridized carbons (Fsp3) is 0.190. The van der Waals surface area contributed by atoms with E-state index in [-0.39, 0.29) is 0 Å². The van der Waals surface area contributed by atoms with Crippen LogP contribution in [0.15, 0.2) is 144 Å². The van der Waals surface area contributed by atoms with Crippen molar-refractivity contribution in [1.82, 2.24) is 0 Å². The van der Waals surface area contributed by atoms with Crippen molar-refractivity contribution >= 4 is 33.9 Å². The molecule has 0 unspecified atom stereocenters. The molecule has 232 valence electrons. The number of benzene rings is 4. The third-order valence-electron chi connectivity index (χ3n) is 8.93. The van der Waals surface area contributed by atoms with Crippen molar-refractivity contribution in [2.45, 2.75) is 0 Å². The minimum Gasteiger partial charge on any atom is -0.378 e. The SMILES string of the molecule is CN(C)c1ccc(C(=C2C=CC3=C2C=CC3=C(c2ccc(N(C)C)cc2)c2ccc(N(C)C)cc2)c2ccc(N(C)C)cc2)cc1. The van der Waals surface area contributed by atoms with E-state index in [0.29, 0.717) is 0 Å². The average Bonchev–Trinajstić information content (AvgIpc) is 3.66. The molecular weight excluding hydrogens is 560 g/mol. The Morgan fingerprint density at radius 2 is 0.522 bits per heavy atom. The van der Waals surface area contributed by atoms with E-state index < -0.39 is 0 Å². The zero-order chi connectivity index (χ0) is 32.5. The molecule has 4 aromatic carbocycles. The number of nitrogens with zero attached hydrogens (tertiary/aromatic N) is 4. The first-order chi connectivity index (χ1) is 22.1. The van der Waals surface area contributed by atoms with E-state index in [2.05, 4.69) is 197 Å². The monoisotopic (exact) mass is 604 g/mol. The highest BCUT2D eigenvalue weighted by Crippen LogP contribution is 2.45. The van der Waals surface area contributed by atoms with Crippen LogP contribution in [0.2, 0.25) is 0 Å². The van der Waals surface area contributed by atoms with Gasteiger partial charge in [-0.1, -0.05) is 72.8 Å². The molecule has 6 rings (SSSR count). The van der Waals surface area contributed by atoms with Crippen LogP contribution in [0.3, 0.4) is 0 Å². The molecule has 4 nitrogen and oxygen atoms in total. The van der Waals surface area contributed by atoms with Crippen LogP contribution in [-0.4, -0.2) is 56.4 Å². The molecule has 46 heavy (non-hydrogen) atoms. The lowest BCUT2D eigenvalue weighted by atomic mass is 9.89. The van der Waals surface area contributed by atoms with Gasteiger partial charge in [-0.15, -0.1) is 0 Å². The standard InChI is InChI=1S/C42H44N4/c1-43(2)33-17-9-29(10-18-33)41(30-11-19-34(20-12-30)44(3)4)39-27-25-38-37(39)26-28-40(38)42(31-13-21-35(22-14-31)45(5)6)32-15-23-36(24-16-32)46(7)8/h9-28H,1-8H3. The van der Waals surface area contributed by atoms with Gasteiger partial charge in [0.2, 0.25) is 0 Å². The summed E-state index contributed by atoms with van der Waals surface area (Å²) in [7, 11) is 16.7. The summed E-state index contributed by atoms with van der Waals surface area (Å²) < 4.78 is 0. The maximum absolute atomic E-state index is 2.31. The normalized spacial score (nSPS) is 13.3. The van der Waals surface area contributed by atoms with E-state index in [1.165, 1.54) is 78.4 Å². The Labute approximate surface area is 275 Å². The number of rotatable bonds is 8. The number of allylic oxidation sites excluding steroid dienone is 8. The Balaban J connectivity index is 1.54. The summed E-state index contributed by atoms with van der Waals surface area (Å²) in [4.78, 5) is 8.58. The zero-order valence-corrected chi connectivity index (χ0v) is 28.3. The minimum absolute atomic E-state index is 1.19. The Morgan fingerprint density at radius 3 is 0.717 bits per heavy atom. The van der Waals surface area contributed by atoms with Crippen molar-refractivity contribution < 1.29 is 0 Å². The lowest BCUT2D eigenvalue weighted by Crippen LogP contribution is -2.08. The Kier molecular flexibility index (Phi) is 8.46. The Hall–Kier alpha value is -5.22. The zero-order valence-electron chi connectivity index (χ0n) is 28.3. The average molecular weight is 605 g/mol. The van der Waals surface area contributed by atoms with Gasteiger partial charge in [0.15, 0.2) is 0 Å². The summed E-state index contributed by atoms with van der Waals surface area (Å²) in [5.41, 5.74) is 17.1. The van der Waals surface area contributed by atoms with Crippen LogP contribution in [0.4, 0.5) is 22.7 Å². The number of anilines is 4. The molecule has 0 aliphatic heterocycles. The van der Waals surface area contributed by atoms with Crippen LogP contribution in [0, 0.1) is 0 Å². The van der Waals surface area contributed by atoms with E-state index in [9.17, 15) is 0 Å². The summed E-state index contributed by atoms with van der Waals surface area (Å²) in [5, 5.41) is 0. The van der Waals surface area contributed by atoms with Crippen LogP contribution in [-0.2, 0) is 0 Å². The lowest BCUT2D eigenvalue weighted by Gasteiger charge is -2.18. The molecule has 0 aromatic heterocycles. The number of hydrogen-bond donors (Lipinski definition) is 0. The fourth-order valence-corrected chi connectivity index (χ4v) is 6.26. The van der Waals surface area contributed by atoms with Crippen LogP contribution in [0.25, 0.3) is 11.1 Å². The first kappa shape index (κ1) is 30.8. The Morgan fingerprint density at radius 1 is 0.304 bits per heavy atom. The highest BCUT2D eigenvalue weighted by atomic mass is 15.1. The second kappa shape index (κ2) is 12.6. The van der Waals surface area contributed by atoms with Gasteiger partial charge in [-0.3, -0.25) is 0 Å². The van der Waals surface area contributed by atoms with Crippen LogP contribution in [0.5, 0.6) is 0 Å². The molecule has 0 spiro atoms. The first-order valence-corrected chi connectivity index (χ1v) is 15.8. The van der Waals surface area contributed by atoms with Crippen LogP contribution in [0.1, 0.15) is 22.3 Å². The maximum Gasteiger partial charge on any atom is 0.0361 e. The van der Waals surface area contributed by atoms with Gasteiger partial charge in [-0.25, -0.2) is 0 Å². The molecule has 0 radical (unpaired) electrons. The van der Waals surface area contributed by atoms with Crippen molar-refractivity contribution in [2.75, 3.05) is 76.0 Å². The second-order valence-corrected chi connectivity index (χ2v) is 12.8. The third kappa shape index (κ3) is 5.91. The summed E-state index contributed by atoms with van der Waals surface area (Å²) in [5.74, 6) is 0. The quantitative estimate of drug-likeness (QED) is 0.199. The summed E-state index contributed by atoms with van der Waals surface area (Å²) in [6.45, 7) is 0. The number of hydrogen-bond acceptors (Lipinski definition) is 4. The largest absolute Gasteiger partial charge is 0.378 e. The highest BCUT2D eigenvalue weighted by molar-refractivity contribution is 5.95. The van der Waals surface area contributed by atoms with Gasteiger partial charge in [0.25, 0.3) is 0 Å². The summed E-state index contributed by atoms with van der Waals surface area (Å²) in [6, 6.07) is 35.7. The van der Waals surface area contributed by atoms with Gasteiger partial charge in [0, 0.05) is 79.1 Å². The topological polar surface area (TPSA) is 13.0 Å². The molecule has 0 N–H and O–H groups in total. The smallest absolute Gasteiger partial charge is 0.0361 e. The van der Waals surface area contributed by atoms with Gasteiger partial charge in [-0.05, 0) is 104 Å². The molecule has 4 aromatic rings. The van der Waals surface area contributed by atoms with Crippen molar-refractivity contribution in [2.24, 2.45) is 0 Å².